The summed E-state index contributed by atoms with van der Waals surface area (Å²) in [5.74, 6) is 0. The first kappa shape index (κ1) is 15.0. The fourth-order valence-electron chi connectivity index (χ4n) is 1.80. The van der Waals surface area contributed by atoms with Gasteiger partial charge in [-0.3, -0.25) is 0 Å². The Labute approximate surface area is 123 Å². The third kappa shape index (κ3) is 4.27. The lowest BCUT2D eigenvalue weighted by atomic mass is 10.2. The summed E-state index contributed by atoms with van der Waals surface area (Å²) < 4.78 is 27.4. The van der Waals surface area contributed by atoms with E-state index in [9.17, 15) is 8.42 Å². The van der Waals surface area contributed by atoms with E-state index >= 15 is 0 Å². The Morgan fingerprint density at radius 2 is 2.05 bits per heavy atom. The number of benzene rings is 1. The summed E-state index contributed by atoms with van der Waals surface area (Å²) in [4.78, 5) is 0.288. The molecule has 6 heteroatoms. The van der Waals surface area contributed by atoms with Crippen LogP contribution in [0.5, 0.6) is 0 Å². The molecule has 1 aliphatic rings. The Morgan fingerprint density at radius 3 is 2.58 bits per heavy atom. The molecule has 1 fully saturated rings. The van der Waals surface area contributed by atoms with Crippen LogP contribution in [0.2, 0.25) is 0 Å². The van der Waals surface area contributed by atoms with Crippen LogP contribution in [0.25, 0.3) is 0 Å². The Balaban J connectivity index is 2.13. The van der Waals surface area contributed by atoms with Gasteiger partial charge in [-0.05, 0) is 60.3 Å². The van der Waals surface area contributed by atoms with Crippen LogP contribution < -0.4 is 10.0 Å². The molecule has 1 aromatic rings. The number of halogens is 1. The lowest BCUT2D eigenvalue weighted by Crippen LogP contribution is -2.30. The van der Waals surface area contributed by atoms with Gasteiger partial charge in [-0.1, -0.05) is 6.07 Å². The van der Waals surface area contributed by atoms with Crippen LogP contribution in [0, 0.1) is 0 Å². The molecule has 0 radical (unpaired) electrons. The van der Waals surface area contributed by atoms with Crippen molar-refractivity contribution in [1.82, 2.24) is 10.0 Å². The van der Waals surface area contributed by atoms with Gasteiger partial charge >= 0.3 is 0 Å². The van der Waals surface area contributed by atoms with Gasteiger partial charge in [0.1, 0.15) is 0 Å². The third-order valence-corrected chi connectivity index (χ3v) is 5.48. The van der Waals surface area contributed by atoms with E-state index in [-0.39, 0.29) is 10.9 Å². The molecule has 106 valence electrons. The Morgan fingerprint density at radius 1 is 1.37 bits per heavy atom. The minimum atomic E-state index is -3.44. The van der Waals surface area contributed by atoms with Crippen LogP contribution in [0.4, 0.5) is 0 Å². The molecule has 0 spiro atoms. The van der Waals surface area contributed by atoms with Gasteiger partial charge in [-0.2, -0.15) is 0 Å². The van der Waals surface area contributed by atoms with Gasteiger partial charge in [0.2, 0.25) is 10.0 Å². The maximum Gasteiger partial charge on any atom is 0.241 e. The van der Waals surface area contributed by atoms with Gasteiger partial charge < -0.3 is 5.32 Å². The molecule has 0 bridgehead atoms. The van der Waals surface area contributed by atoms with Crippen molar-refractivity contribution in [3.63, 3.8) is 0 Å². The molecule has 0 heterocycles. The van der Waals surface area contributed by atoms with E-state index in [4.69, 9.17) is 0 Å². The van der Waals surface area contributed by atoms with E-state index in [1.807, 2.05) is 12.1 Å². The zero-order valence-corrected chi connectivity index (χ0v) is 13.5. The van der Waals surface area contributed by atoms with E-state index in [2.05, 4.69) is 26.0 Å². The summed E-state index contributed by atoms with van der Waals surface area (Å²) in [7, 11) is -3.44. The fourth-order valence-corrected chi connectivity index (χ4v) is 4.17. The van der Waals surface area contributed by atoms with E-state index < -0.39 is 10.0 Å². The van der Waals surface area contributed by atoms with Crippen molar-refractivity contribution in [1.29, 1.82) is 0 Å². The molecule has 0 unspecified atom stereocenters. The highest BCUT2D eigenvalue weighted by atomic mass is 79.9. The predicted octanol–water partition coefficient (Wildman–Crippen LogP) is 2.39. The number of nitrogens with one attached hydrogen (secondary N) is 2. The Kier molecular flexibility index (Phi) is 4.66. The van der Waals surface area contributed by atoms with Crippen LogP contribution in [0.15, 0.2) is 27.6 Å². The first-order valence-electron chi connectivity index (χ1n) is 6.42. The zero-order valence-electron chi connectivity index (χ0n) is 11.1. The fraction of sp³-hybridized carbons (Fsp3) is 0.538. The molecule has 2 rings (SSSR count). The highest BCUT2D eigenvalue weighted by molar-refractivity contribution is 9.10. The quantitative estimate of drug-likeness (QED) is 0.831. The molecule has 0 saturated heterocycles. The number of sulfonamides is 1. The van der Waals surface area contributed by atoms with Crippen molar-refractivity contribution in [2.24, 2.45) is 0 Å². The lowest BCUT2D eigenvalue weighted by Gasteiger charge is -2.12. The molecule has 0 aliphatic heterocycles. The van der Waals surface area contributed by atoms with Crippen molar-refractivity contribution < 1.29 is 8.42 Å². The molecular formula is C13H19BrN2O2S. The second-order valence-corrected chi connectivity index (χ2v) is 7.73. The van der Waals surface area contributed by atoms with Crippen LogP contribution in [-0.4, -0.2) is 20.5 Å². The SMILES string of the molecule is CC(C)NS(=O)(=O)c1ccc(CNC2CC2)cc1Br. The number of rotatable bonds is 6. The minimum Gasteiger partial charge on any atom is -0.310 e. The first-order valence-corrected chi connectivity index (χ1v) is 8.70. The summed E-state index contributed by atoms with van der Waals surface area (Å²) in [6.07, 6.45) is 2.48. The summed E-state index contributed by atoms with van der Waals surface area (Å²) in [5, 5.41) is 3.40. The highest BCUT2D eigenvalue weighted by Crippen LogP contribution is 2.24. The van der Waals surface area contributed by atoms with Crippen LogP contribution in [-0.2, 0) is 16.6 Å². The van der Waals surface area contributed by atoms with Gasteiger partial charge in [0.25, 0.3) is 0 Å². The van der Waals surface area contributed by atoms with Crippen molar-refractivity contribution in [2.75, 3.05) is 0 Å². The minimum absolute atomic E-state index is 0.117. The highest BCUT2D eigenvalue weighted by Gasteiger charge is 2.21. The average molecular weight is 347 g/mol. The van der Waals surface area contributed by atoms with E-state index in [1.165, 1.54) is 12.8 Å². The topological polar surface area (TPSA) is 58.2 Å². The van der Waals surface area contributed by atoms with Crippen LogP contribution in [0.3, 0.4) is 0 Å². The molecule has 1 saturated carbocycles. The maximum absolute atomic E-state index is 12.1. The summed E-state index contributed by atoms with van der Waals surface area (Å²) >= 11 is 3.35. The molecule has 0 aromatic heterocycles. The van der Waals surface area contributed by atoms with Gasteiger partial charge in [0.15, 0.2) is 0 Å². The zero-order chi connectivity index (χ0) is 14.0. The smallest absolute Gasteiger partial charge is 0.241 e. The lowest BCUT2D eigenvalue weighted by molar-refractivity contribution is 0.569. The number of hydrogen-bond acceptors (Lipinski definition) is 3. The second-order valence-electron chi connectivity index (χ2n) is 5.20. The van der Waals surface area contributed by atoms with E-state index in [0.717, 1.165) is 12.1 Å². The molecule has 4 nitrogen and oxygen atoms in total. The average Bonchev–Trinajstić information content (AvgIpc) is 3.07. The van der Waals surface area contributed by atoms with Crippen molar-refractivity contribution in [2.45, 2.75) is 50.2 Å². The second kappa shape index (κ2) is 5.91. The standard InChI is InChI=1S/C13H19BrN2O2S/c1-9(2)16-19(17,18)13-6-3-10(7-12(13)14)8-15-11-4-5-11/h3,6-7,9,11,15-16H,4-5,8H2,1-2H3. The molecule has 2 N–H and O–H groups in total. The van der Waals surface area contributed by atoms with Gasteiger partial charge in [0.05, 0.1) is 4.90 Å². The summed E-state index contributed by atoms with van der Waals surface area (Å²) in [5.41, 5.74) is 1.09. The molecule has 1 aliphatic carbocycles. The summed E-state index contributed by atoms with van der Waals surface area (Å²) in [6.45, 7) is 4.39. The predicted molar refractivity (Wildman–Crippen MR) is 79.5 cm³/mol. The molecular weight excluding hydrogens is 328 g/mol. The Bertz CT molecular complexity index is 554. The number of hydrogen-bond donors (Lipinski definition) is 2. The van der Waals surface area contributed by atoms with Crippen LogP contribution in [0.1, 0.15) is 32.3 Å². The van der Waals surface area contributed by atoms with Crippen molar-refractivity contribution in [3.05, 3.63) is 28.2 Å². The normalized spacial score (nSPS) is 16.0. The van der Waals surface area contributed by atoms with Gasteiger partial charge in [0, 0.05) is 23.1 Å². The van der Waals surface area contributed by atoms with Crippen molar-refractivity contribution in [3.8, 4) is 0 Å². The van der Waals surface area contributed by atoms with E-state index in [0.29, 0.717) is 10.5 Å². The maximum atomic E-state index is 12.1. The van der Waals surface area contributed by atoms with Crippen molar-refractivity contribution >= 4 is 26.0 Å². The molecule has 0 amide bonds. The molecule has 19 heavy (non-hydrogen) atoms. The Hall–Kier alpha value is -0.430. The molecule has 0 atom stereocenters. The van der Waals surface area contributed by atoms with Gasteiger partial charge in [-0.15, -0.1) is 0 Å². The van der Waals surface area contributed by atoms with Crippen LogP contribution >= 0.6 is 15.9 Å². The monoisotopic (exact) mass is 346 g/mol. The summed E-state index contributed by atoms with van der Waals surface area (Å²) in [6, 6.07) is 5.90. The van der Waals surface area contributed by atoms with Gasteiger partial charge in [-0.25, -0.2) is 13.1 Å². The molecule has 1 aromatic carbocycles. The third-order valence-electron chi connectivity index (χ3n) is 2.85. The first-order chi connectivity index (χ1) is 8.88. The van der Waals surface area contributed by atoms with E-state index in [1.54, 1.807) is 19.9 Å². The largest absolute Gasteiger partial charge is 0.310 e.